The van der Waals surface area contributed by atoms with Crippen molar-refractivity contribution in [2.24, 2.45) is 23.7 Å². The fraction of sp³-hybridized carbons (Fsp3) is 0.909. The van der Waals surface area contributed by atoms with Crippen molar-refractivity contribution in [2.45, 2.75) is 6.42 Å². The summed E-state index contributed by atoms with van der Waals surface area (Å²) in [4.78, 5) is 13.3. The molecular formula is C11H18N2O2. The normalized spacial score (nSPS) is 44.3. The molecule has 0 bridgehead atoms. The minimum absolute atomic E-state index is 0.0112. The molecule has 4 heteroatoms. The molecule has 3 atom stereocenters. The first-order valence-corrected chi connectivity index (χ1v) is 5.91. The molecule has 4 nitrogen and oxygen atoms in total. The lowest BCUT2D eigenvalue weighted by molar-refractivity contribution is -0.139. The topological polar surface area (TPSA) is 52.6 Å². The van der Waals surface area contributed by atoms with Gasteiger partial charge in [0.15, 0.2) is 0 Å². The maximum absolute atomic E-state index is 10.8. The van der Waals surface area contributed by atoms with Crippen molar-refractivity contribution in [1.29, 1.82) is 0 Å². The summed E-state index contributed by atoms with van der Waals surface area (Å²) in [5, 5.41) is 12.3. The summed E-state index contributed by atoms with van der Waals surface area (Å²) in [7, 11) is 0. The van der Waals surface area contributed by atoms with Gasteiger partial charge >= 0.3 is 5.97 Å². The zero-order valence-corrected chi connectivity index (χ0v) is 8.85. The van der Waals surface area contributed by atoms with Crippen molar-refractivity contribution in [2.75, 3.05) is 32.7 Å². The Morgan fingerprint density at radius 3 is 2.67 bits per heavy atom. The molecule has 2 heterocycles. The Morgan fingerprint density at radius 2 is 2.13 bits per heavy atom. The van der Waals surface area contributed by atoms with Crippen LogP contribution in [0.4, 0.5) is 0 Å². The van der Waals surface area contributed by atoms with Crippen LogP contribution in [-0.4, -0.2) is 48.7 Å². The quantitative estimate of drug-likeness (QED) is 0.680. The molecule has 1 aliphatic carbocycles. The third kappa shape index (κ3) is 1.66. The van der Waals surface area contributed by atoms with Crippen LogP contribution >= 0.6 is 0 Å². The molecule has 3 unspecified atom stereocenters. The molecule has 84 valence electrons. The highest BCUT2D eigenvalue weighted by Gasteiger charge is 2.59. The second-order valence-electron chi connectivity index (χ2n) is 5.27. The highest BCUT2D eigenvalue weighted by Crippen LogP contribution is 2.51. The Bertz CT molecular complexity index is 264. The largest absolute Gasteiger partial charge is 0.481 e. The van der Waals surface area contributed by atoms with Crippen LogP contribution in [0, 0.1) is 23.7 Å². The maximum Gasteiger partial charge on any atom is 0.307 e. The monoisotopic (exact) mass is 210 g/mol. The number of fused-ring (bicyclic) bond motifs is 1. The number of carbonyl (C=O) groups is 1. The molecule has 0 spiro atoms. The number of nitrogens with one attached hydrogen (secondary N) is 1. The van der Waals surface area contributed by atoms with Crippen molar-refractivity contribution in [3.05, 3.63) is 0 Å². The van der Waals surface area contributed by atoms with Gasteiger partial charge in [0.05, 0.1) is 5.92 Å². The molecule has 2 N–H and O–H groups in total. The Morgan fingerprint density at radius 1 is 1.40 bits per heavy atom. The van der Waals surface area contributed by atoms with Crippen LogP contribution in [-0.2, 0) is 4.79 Å². The number of likely N-dealkylation sites (tertiary alicyclic amines) is 1. The lowest BCUT2D eigenvalue weighted by Crippen LogP contribution is -2.32. The Hall–Kier alpha value is -0.610. The second kappa shape index (κ2) is 3.46. The van der Waals surface area contributed by atoms with Gasteiger partial charge in [0.1, 0.15) is 0 Å². The molecule has 1 saturated carbocycles. The Labute approximate surface area is 89.6 Å². The number of carboxylic acid groups (broad SMARTS) is 1. The van der Waals surface area contributed by atoms with Crippen LogP contribution in [0.1, 0.15) is 6.42 Å². The third-order valence-electron chi connectivity index (χ3n) is 4.23. The summed E-state index contributed by atoms with van der Waals surface area (Å²) in [6.07, 6.45) is 1.29. The van der Waals surface area contributed by atoms with Crippen molar-refractivity contribution >= 4 is 5.97 Å². The van der Waals surface area contributed by atoms with Crippen LogP contribution < -0.4 is 5.32 Å². The van der Waals surface area contributed by atoms with E-state index in [9.17, 15) is 4.79 Å². The van der Waals surface area contributed by atoms with Crippen LogP contribution in [0.25, 0.3) is 0 Å². The predicted molar refractivity (Wildman–Crippen MR) is 55.5 cm³/mol. The lowest BCUT2D eigenvalue weighted by Gasteiger charge is -2.21. The molecular weight excluding hydrogens is 192 g/mol. The molecule has 0 amide bonds. The first-order chi connectivity index (χ1) is 7.25. The highest BCUT2D eigenvalue weighted by molar-refractivity contribution is 5.74. The van der Waals surface area contributed by atoms with Gasteiger partial charge in [0.2, 0.25) is 0 Å². The van der Waals surface area contributed by atoms with Crippen molar-refractivity contribution < 1.29 is 9.90 Å². The van der Waals surface area contributed by atoms with Gasteiger partial charge in [-0.25, -0.2) is 0 Å². The minimum atomic E-state index is -0.577. The van der Waals surface area contributed by atoms with Crippen molar-refractivity contribution in [3.8, 4) is 0 Å². The SMILES string of the molecule is O=C(O)C1C2CN(CC3CCNC3)CC21. The molecule has 0 radical (unpaired) electrons. The van der Waals surface area contributed by atoms with Crippen molar-refractivity contribution in [1.82, 2.24) is 10.2 Å². The number of carboxylic acids is 1. The Balaban J connectivity index is 1.47. The highest BCUT2D eigenvalue weighted by atomic mass is 16.4. The standard InChI is InChI=1S/C11H18N2O2/c14-11(15)10-8-5-13(6-9(8)10)4-7-1-2-12-3-7/h7-10,12H,1-6H2,(H,14,15). The van der Waals surface area contributed by atoms with Crippen LogP contribution in [0.3, 0.4) is 0 Å². The first-order valence-electron chi connectivity index (χ1n) is 5.91. The summed E-state index contributed by atoms with van der Waals surface area (Å²) in [5.74, 6) is 1.15. The van der Waals surface area contributed by atoms with Gasteiger partial charge in [-0.3, -0.25) is 4.79 Å². The summed E-state index contributed by atoms with van der Waals surface area (Å²) in [5.41, 5.74) is 0. The number of nitrogens with zero attached hydrogens (tertiary/aromatic N) is 1. The zero-order chi connectivity index (χ0) is 10.4. The fourth-order valence-corrected chi connectivity index (χ4v) is 3.36. The number of hydrogen-bond acceptors (Lipinski definition) is 3. The summed E-state index contributed by atoms with van der Waals surface area (Å²) in [6.45, 7) is 5.53. The smallest absolute Gasteiger partial charge is 0.307 e. The summed E-state index contributed by atoms with van der Waals surface area (Å²) < 4.78 is 0. The van der Waals surface area contributed by atoms with Gasteiger partial charge in [-0.1, -0.05) is 0 Å². The van der Waals surface area contributed by atoms with E-state index < -0.39 is 5.97 Å². The molecule has 15 heavy (non-hydrogen) atoms. The van der Waals surface area contributed by atoms with Crippen LogP contribution in [0.15, 0.2) is 0 Å². The molecule has 3 rings (SSSR count). The van der Waals surface area contributed by atoms with E-state index in [-0.39, 0.29) is 5.92 Å². The van der Waals surface area contributed by atoms with E-state index in [2.05, 4.69) is 10.2 Å². The molecule has 2 saturated heterocycles. The average Bonchev–Trinajstić information content (AvgIpc) is 2.63. The number of aliphatic carboxylic acids is 1. The van der Waals surface area contributed by atoms with E-state index in [0.29, 0.717) is 11.8 Å². The van der Waals surface area contributed by atoms with Gasteiger partial charge in [-0.05, 0) is 37.3 Å². The summed E-state index contributed by atoms with van der Waals surface area (Å²) in [6, 6.07) is 0. The molecule has 2 aliphatic heterocycles. The van der Waals surface area contributed by atoms with Gasteiger partial charge in [0.25, 0.3) is 0 Å². The lowest BCUT2D eigenvalue weighted by atomic mass is 10.1. The minimum Gasteiger partial charge on any atom is -0.481 e. The van der Waals surface area contributed by atoms with E-state index in [1.165, 1.54) is 13.0 Å². The van der Waals surface area contributed by atoms with Gasteiger partial charge < -0.3 is 15.3 Å². The number of rotatable bonds is 3. The first kappa shape index (κ1) is 9.60. The number of hydrogen-bond donors (Lipinski definition) is 2. The Kier molecular flexibility index (Phi) is 2.21. The van der Waals surface area contributed by atoms with E-state index >= 15 is 0 Å². The summed E-state index contributed by atoms with van der Waals surface area (Å²) >= 11 is 0. The van der Waals surface area contributed by atoms with E-state index in [4.69, 9.17) is 5.11 Å². The molecule has 0 aromatic heterocycles. The van der Waals surface area contributed by atoms with Crippen LogP contribution in [0.2, 0.25) is 0 Å². The van der Waals surface area contributed by atoms with Gasteiger partial charge in [-0.2, -0.15) is 0 Å². The second-order valence-corrected chi connectivity index (χ2v) is 5.27. The van der Waals surface area contributed by atoms with Crippen molar-refractivity contribution in [3.63, 3.8) is 0 Å². The molecule has 3 aliphatic rings. The molecule has 0 aromatic rings. The maximum atomic E-state index is 10.8. The van der Waals surface area contributed by atoms with E-state index in [1.807, 2.05) is 0 Å². The van der Waals surface area contributed by atoms with Crippen LogP contribution in [0.5, 0.6) is 0 Å². The predicted octanol–water partition coefficient (Wildman–Crippen LogP) is -0.142. The van der Waals surface area contributed by atoms with E-state index in [1.54, 1.807) is 0 Å². The molecule has 3 fully saturated rings. The number of piperidine rings is 1. The zero-order valence-electron chi connectivity index (χ0n) is 8.85. The fourth-order valence-electron chi connectivity index (χ4n) is 3.36. The van der Waals surface area contributed by atoms with Gasteiger partial charge in [0, 0.05) is 19.6 Å². The van der Waals surface area contributed by atoms with Gasteiger partial charge in [-0.15, -0.1) is 0 Å². The third-order valence-corrected chi connectivity index (χ3v) is 4.23. The average molecular weight is 210 g/mol. The van der Waals surface area contributed by atoms with E-state index in [0.717, 1.165) is 32.1 Å². The molecule has 0 aromatic carbocycles.